The maximum atomic E-state index is 12.9. The van der Waals surface area contributed by atoms with Gasteiger partial charge in [0, 0.05) is 22.8 Å². The van der Waals surface area contributed by atoms with Gasteiger partial charge in [0.15, 0.2) is 11.5 Å². The van der Waals surface area contributed by atoms with Crippen molar-refractivity contribution in [2.75, 3.05) is 5.32 Å². The standard InChI is InChI=1S/C26H22Cl2N6O/c1-16-7-9-18(10-8-16)20-11-12-29-26-24(20)17(2)31-34(26)15-23(35)30-25-22(28)14-33(32-25)13-19-5-3-4-6-21(19)27/h3-12,14H,13,15H2,1-2H3,(H,30,32,35). The van der Waals surface area contributed by atoms with Gasteiger partial charge in [-0.05, 0) is 42.7 Å². The van der Waals surface area contributed by atoms with Crippen LogP contribution < -0.4 is 5.32 Å². The molecule has 0 saturated carbocycles. The van der Waals surface area contributed by atoms with Crippen LogP contribution in [0.5, 0.6) is 0 Å². The molecule has 35 heavy (non-hydrogen) atoms. The molecule has 5 aromatic rings. The predicted octanol–water partition coefficient (Wildman–Crippen LogP) is 5.91. The molecule has 176 valence electrons. The average Bonchev–Trinajstić information content (AvgIpc) is 3.34. The Balaban J connectivity index is 1.36. The summed E-state index contributed by atoms with van der Waals surface area (Å²) < 4.78 is 3.24. The molecule has 0 aliphatic heterocycles. The minimum atomic E-state index is -0.304. The Hall–Kier alpha value is -3.68. The molecular weight excluding hydrogens is 483 g/mol. The van der Waals surface area contributed by atoms with E-state index in [0.717, 1.165) is 27.8 Å². The van der Waals surface area contributed by atoms with Gasteiger partial charge >= 0.3 is 0 Å². The lowest BCUT2D eigenvalue weighted by Crippen LogP contribution is -2.20. The van der Waals surface area contributed by atoms with Crippen molar-refractivity contribution in [3.8, 4) is 11.1 Å². The highest BCUT2D eigenvalue weighted by Crippen LogP contribution is 2.30. The topological polar surface area (TPSA) is 77.6 Å². The third-order valence-electron chi connectivity index (χ3n) is 5.73. The average molecular weight is 505 g/mol. The third kappa shape index (κ3) is 4.78. The normalized spacial score (nSPS) is 11.2. The zero-order valence-electron chi connectivity index (χ0n) is 19.2. The number of hydrogen-bond acceptors (Lipinski definition) is 4. The molecule has 0 radical (unpaired) electrons. The second-order valence-corrected chi connectivity index (χ2v) is 9.14. The van der Waals surface area contributed by atoms with E-state index in [2.05, 4.69) is 51.7 Å². The largest absolute Gasteiger partial charge is 0.306 e. The van der Waals surface area contributed by atoms with Gasteiger partial charge in [0.2, 0.25) is 5.91 Å². The number of anilines is 1. The first kappa shape index (κ1) is 23.1. The number of aromatic nitrogens is 5. The number of nitrogens with one attached hydrogen (secondary N) is 1. The summed E-state index contributed by atoms with van der Waals surface area (Å²) in [6.07, 6.45) is 3.39. The van der Waals surface area contributed by atoms with Crippen LogP contribution in [-0.4, -0.2) is 30.5 Å². The van der Waals surface area contributed by atoms with Crippen LogP contribution >= 0.6 is 23.2 Å². The summed E-state index contributed by atoms with van der Waals surface area (Å²) in [7, 11) is 0. The van der Waals surface area contributed by atoms with Gasteiger partial charge in [0.25, 0.3) is 0 Å². The van der Waals surface area contributed by atoms with Crippen molar-refractivity contribution in [2.45, 2.75) is 26.9 Å². The summed E-state index contributed by atoms with van der Waals surface area (Å²) in [6, 6.07) is 17.8. The van der Waals surface area contributed by atoms with Crippen LogP contribution in [0.15, 0.2) is 67.0 Å². The van der Waals surface area contributed by atoms with E-state index in [-0.39, 0.29) is 18.3 Å². The zero-order valence-corrected chi connectivity index (χ0v) is 20.7. The van der Waals surface area contributed by atoms with Gasteiger partial charge in [0.1, 0.15) is 11.6 Å². The summed E-state index contributed by atoms with van der Waals surface area (Å²) in [5.74, 6) is -0.0213. The Morgan fingerprint density at radius 3 is 2.51 bits per heavy atom. The first-order chi connectivity index (χ1) is 16.9. The van der Waals surface area contributed by atoms with Crippen molar-refractivity contribution < 1.29 is 4.79 Å². The van der Waals surface area contributed by atoms with E-state index in [1.165, 1.54) is 5.56 Å². The van der Waals surface area contributed by atoms with Gasteiger partial charge in [-0.15, -0.1) is 0 Å². The molecule has 5 rings (SSSR count). The number of halogens is 2. The molecule has 7 nitrogen and oxygen atoms in total. The van der Waals surface area contributed by atoms with Crippen LogP contribution in [0.1, 0.15) is 16.8 Å². The van der Waals surface area contributed by atoms with E-state index in [0.29, 0.717) is 22.2 Å². The second-order valence-electron chi connectivity index (χ2n) is 8.33. The van der Waals surface area contributed by atoms with E-state index >= 15 is 0 Å². The predicted molar refractivity (Wildman–Crippen MR) is 139 cm³/mol. The molecule has 1 amide bonds. The van der Waals surface area contributed by atoms with E-state index in [1.54, 1.807) is 21.8 Å². The van der Waals surface area contributed by atoms with Crippen molar-refractivity contribution in [1.29, 1.82) is 0 Å². The molecule has 0 atom stereocenters. The molecule has 1 N–H and O–H groups in total. The molecular formula is C26H22Cl2N6O. The summed E-state index contributed by atoms with van der Waals surface area (Å²) in [6.45, 7) is 4.38. The highest BCUT2D eigenvalue weighted by molar-refractivity contribution is 6.33. The van der Waals surface area contributed by atoms with Gasteiger partial charge in [-0.25, -0.2) is 9.67 Å². The smallest absolute Gasteiger partial charge is 0.247 e. The number of nitrogens with zero attached hydrogens (tertiary/aromatic N) is 5. The molecule has 2 aromatic carbocycles. The minimum absolute atomic E-state index is 0.0254. The van der Waals surface area contributed by atoms with Crippen LogP contribution in [0.3, 0.4) is 0 Å². The first-order valence-electron chi connectivity index (χ1n) is 11.0. The Kier molecular flexibility index (Phi) is 6.28. The Morgan fingerprint density at radius 1 is 0.971 bits per heavy atom. The molecule has 3 aromatic heterocycles. The number of rotatable bonds is 6. The van der Waals surface area contributed by atoms with Crippen molar-refractivity contribution in [3.05, 3.63) is 93.9 Å². The number of benzene rings is 2. The molecule has 0 aliphatic carbocycles. The molecule has 0 fully saturated rings. The van der Waals surface area contributed by atoms with Gasteiger partial charge in [-0.1, -0.05) is 71.2 Å². The van der Waals surface area contributed by atoms with Gasteiger partial charge in [-0.3, -0.25) is 9.48 Å². The molecule has 9 heteroatoms. The monoisotopic (exact) mass is 504 g/mol. The van der Waals surface area contributed by atoms with E-state index < -0.39 is 0 Å². The van der Waals surface area contributed by atoms with Crippen molar-refractivity contribution in [3.63, 3.8) is 0 Å². The van der Waals surface area contributed by atoms with Crippen molar-refractivity contribution >= 4 is 46.0 Å². The lowest BCUT2D eigenvalue weighted by atomic mass is 10.0. The Labute approximate surface area is 212 Å². The highest BCUT2D eigenvalue weighted by atomic mass is 35.5. The minimum Gasteiger partial charge on any atom is -0.306 e. The molecule has 0 unspecified atom stereocenters. The summed E-state index contributed by atoms with van der Waals surface area (Å²) in [4.78, 5) is 17.4. The van der Waals surface area contributed by atoms with Gasteiger partial charge < -0.3 is 5.32 Å². The lowest BCUT2D eigenvalue weighted by molar-refractivity contribution is -0.116. The molecule has 0 aliphatic rings. The second kappa shape index (κ2) is 9.52. The molecule has 0 saturated heterocycles. The number of amides is 1. The fraction of sp³-hybridized carbons (Fsp3) is 0.154. The molecule has 0 spiro atoms. The van der Waals surface area contributed by atoms with Crippen LogP contribution in [-0.2, 0) is 17.9 Å². The highest BCUT2D eigenvalue weighted by Gasteiger charge is 2.17. The van der Waals surface area contributed by atoms with Crippen LogP contribution in [0.4, 0.5) is 5.82 Å². The number of aryl methyl sites for hydroxylation is 2. The van der Waals surface area contributed by atoms with E-state index in [9.17, 15) is 4.79 Å². The number of fused-ring (bicyclic) bond motifs is 1. The molecule has 3 heterocycles. The van der Waals surface area contributed by atoms with Crippen molar-refractivity contribution in [2.24, 2.45) is 0 Å². The summed E-state index contributed by atoms with van der Waals surface area (Å²) in [5.41, 5.74) is 5.65. The number of hydrogen-bond donors (Lipinski definition) is 1. The van der Waals surface area contributed by atoms with Crippen LogP contribution in [0.25, 0.3) is 22.2 Å². The number of pyridine rings is 1. The summed E-state index contributed by atoms with van der Waals surface area (Å²) in [5, 5.41) is 13.7. The maximum absolute atomic E-state index is 12.9. The fourth-order valence-corrected chi connectivity index (χ4v) is 4.43. The molecule has 0 bridgehead atoms. The Morgan fingerprint density at radius 2 is 1.74 bits per heavy atom. The Bertz CT molecular complexity index is 1540. The van der Waals surface area contributed by atoms with E-state index in [1.807, 2.05) is 37.3 Å². The quantitative estimate of drug-likeness (QED) is 0.312. The third-order valence-corrected chi connectivity index (χ3v) is 6.37. The van der Waals surface area contributed by atoms with E-state index in [4.69, 9.17) is 23.2 Å². The number of carbonyl (C=O) groups excluding carboxylic acids is 1. The number of carbonyl (C=O) groups is 1. The van der Waals surface area contributed by atoms with Gasteiger partial charge in [0.05, 0.1) is 12.2 Å². The summed E-state index contributed by atoms with van der Waals surface area (Å²) >= 11 is 12.6. The van der Waals surface area contributed by atoms with Gasteiger partial charge in [-0.2, -0.15) is 10.2 Å². The maximum Gasteiger partial charge on any atom is 0.247 e. The zero-order chi connectivity index (χ0) is 24.5. The fourth-order valence-electron chi connectivity index (χ4n) is 4.04. The van der Waals surface area contributed by atoms with Crippen molar-refractivity contribution in [1.82, 2.24) is 24.5 Å². The van der Waals surface area contributed by atoms with Crippen LogP contribution in [0.2, 0.25) is 10.0 Å². The first-order valence-corrected chi connectivity index (χ1v) is 11.8. The lowest BCUT2D eigenvalue weighted by Gasteiger charge is -2.06. The SMILES string of the molecule is Cc1ccc(-c2ccnc3c2c(C)nn3CC(=O)Nc2nn(Cc3ccccc3Cl)cc2Cl)cc1. The van der Waals surface area contributed by atoms with Crippen LogP contribution in [0, 0.1) is 13.8 Å².